The Morgan fingerprint density at radius 2 is 0.944 bits per heavy atom. The van der Waals surface area contributed by atoms with Gasteiger partial charge in [0.05, 0.1) is 106 Å². The summed E-state index contributed by atoms with van der Waals surface area (Å²) in [6, 6.07) is 0. The second-order valence-electron chi connectivity index (χ2n) is 8.54. The molecule has 0 spiro atoms. The monoisotopic (exact) mass is 524 g/mol. The third-order valence-electron chi connectivity index (χ3n) is 5.37. The summed E-state index contributed by atoms with van der Waals surface area (Å²) in [5, 5.41) is 0. The largest absolute Gasteiger partial charge is 0.379 e. The van der Waals surface area contributed by atoms with Crippen molar-refractivity contribution in [2.75, 3.05) is 119 Å². The Balaban J connectivity index is 1.62. The van der Waals surface area contributed by atoms with Crippen LogP contribution in [0.4, 0.5) is 0 Å². The van der Waals surface area contributed by atoms with Crippen LogP contribution in [-0.4, -0.2) is 125 Å². The van der Waals surface area contributed by atoms with E-state index in [1.165, 1.54) is 6.42 Å². The van der Waals surface area contributed by atoms with E-state index >= 15 is 0 Å². The number of hydrogen-bond donors (Lipinski definition) is 0. The molecule has 1 rings (SSSR count). The van der Waals surface area contributed by atoms with Gasteiger partial charge in [-0.25, -0.2) is 0 Å². The van der Waals surface area contributed by atoms with Gasteiger partial charge in [0.1, 0.15) is 0 Å². The maximum Gasteiger partial charge on any atom is 0.157 e. The number of hydrogen-bond acceptors (Lipinski definition) is 10. The second-order valence-corrected chi connectivity index (χ2v) is 8.54. The van der Waals surface area contributed by atoms with Gasteiger partial charge >= 0.3 is 0 Å². The molecule has 1 fully saturated rings. The van der Waals surface area contributed by atoms with Crippen molar-refractivity contribution in [2.24, 2.45) is 5.92 Å². The van der Waals surface area contributed by atoms with Gasteiger partial charge in [0.25, 0.3) is 0 Å². The topological polar surface area (TPSA) is 92.3 Å². The first kappa shape index (κ1) is 33.6. The highest BCUT2D eigenvalue weighted by molar-refractivity contribution is 4.53. The van der Waals surface area contributed by atoms with Crippen LogP contribution in [0.3, 0.4) is 0 Å². The molecule has 2 atom stereocenters. The van der Waals surface area contributed by atoms with Crippen LogP contribution in [0, 0.1) is 5.92 Å². The van der Waals surface area contributed by atoms with Crippen molar-refractivity contribution in [3.8, 4) is 0 Å². The summed E-state index contributed by atoms with van der Waals surface area (Å²) in [6.45, 7) is 14.8. The lowest BCUT2D eigenvalue weighted by atomic mass is 10.1. The van der Waals surface area contributed by atoms with Crippen LogP contribution in [0.1, 0.15) is 39.5 Å². The van der Waals surface area contributed by atoms with Crippen LogP contribution in [0.25, 0.3) is 0 Å². The first-order valence-corrected chi connectivity index (χ1v) is 13.7. The first-order chi connectivity index (χ1) is 17.8. The van der Waals surface area contributed by atoms with Crippen LogP contribution in [0.2, 0.25) is 0 Å². The Morgan fingerprint density at radius 3 is 1.31 bits per heavy atom. The van der Waals surface area contributed by atoms with Crippen LogP contribution in [0.5, 0.6) is 0 Å². The smallest absolute Gasteiger partial charge is 0.157 e. The molecule has 0 amide bonds. The SMILES string of the molecule is CCC(C)COCCOCCOCCOCCOCCOCCOCCOCCOC1CCCCO1. The van der Waals surface area contributed by atoms with E-state index in [9.17, 15) is 0 Å². The zero-order chi connectivity index (χ0) is 25.8. The molecule has 0 bridgehead atoms. The molecule has 0 aromatic heterocycles. The van der Waals surface area contributed by atoms with E-state index in [-0.39, 0.29) is 6.29 Å². The fourth-order valence-electron chi connectivity index (χ4n) is 3.02. The van der Waals surface area contributed by atoms with Crippen LogP contribution in [0.15, 0.2) is 0 Å². The maximum absolute atomic E-state index is 5.60. The van der Waals surface area contributed by atoms with Gasteiger partial charge in [0.15, 0.2) is 6.29 Å². The highest BCUT2D eigenvalue weighted by Crippen LogP contribution is 2.13. The maximum atomic E-state index is 5.60. The zero-order valence-electron chi connectivity index (χ0n) is 22.8. The zero-order valence-corrected chi connectivity index (χ0v) is 22.8. The van der Waals surface area contributed by atoms with E-state index < -0.39 is 0 Å². The molecule has 1 heterocycles. The summed E-state index contributed by atoms with van der Waals surface area (Å²) in [6.07, 6.45) is 4.36. The van der Waals surface area contributed by atoms with E-state index in [2.05, 4.69) is 13.8 Å². The highest BCUT2D eigenvalue weighted by Gasteiger charge is 2.13. The molecule has 36 heavy (non-hydrogen) atoms. The van der Waals surface area contributed by atoms with Crippen molar-refractivity contribution in [3.05, 3.63) is 0 Å². The van der Waals surface area contributed by atoms with Crippen LogP contribution < -0.4 is 0 Å². The lowest BCUT2D eigenvalue weighted by molar-refractivity contribution is -0.169. The van der Waals surface area contributed by atoms with Gasteiger partial charge in [-0.15, -0.1) is 0 Å². The van der Waals surface area contributed by atoms with Crippen molar-refractivity contribution in [1.29, 1.82) is 0 Å². The van der Waals surface area contributed by atoms with Gasteiger partial charge in [-0.05, 0) is 25.2 Å². The summed E-state index contributed by atoms with van der Waals surface area (Å²) >= 11 is 0. The third-order valence-corrected chi connectivity index (χ3v) is 5.37. The lowest BCUT2D eigenvalue weighted by Gasteiger charge is -2.22. The van der Waals surface area contributed by atoms with Crippen molar-refractivity contribution in [2.45, 2.75) is 45.8 Å². The molecule has 2 unspecified atom stereocenters. The Hall–Kier alpha value is -0.400. The molecular weight excluding hydrogens is 472 g/mol. The lowest BCUT2D eigenvalue weighted by Crippen LogP contribution is -2.24. The summed E-state index contributed by atoms with van der Waals surface area (Å²) in [4.78, 5) is 0. The quantitative estimate of drug-likeness (QED) is 0.142. The number of ether oxygens (including phenoxy) is 10. The molecule has 1 aliphatic heterocycles. The van der Waals surface area contributed by atoms with Gasteiger partial charge in [-0.2, -0.15) is 0 Å². The Kier molecular flexibility index (Phi) is 25.8. The third kappa shape index (κ3) is 24.0. The van der Waals surface area contributed by atoms with E-state index in [1.54, 1.807) is 0 Å². The molecule has 0 N–H and O–H groups in total. The van der Waals surface area contributed by atoms with Gasteiger partial charge in [0.2, 0.25) is 0 Å². The van der Waals surface area contributed by atoms with E-state index in [0.29, 0.717) is 112 Å². The van der Waals surface area contributed by atoms with Gasteiger partial charge in [-0.1, -0.05) is 20.3 Å². The first-order valence-electron chi connectivity index (χ1n) is 13.7. The van der Waals surface area contributed by atoms with Gasteiger partial charge in [-0.3, -0.25) is 0 Å². The molecule has 0 radical (unpaired) electrons. The summed E-state index contributed by atoms with van der Waals surface area (Å²) in [5.74, 6) is 0.604. The van der Waals surface area contributed by atoms with E-state index in [0.717, 1.165) is 32.5 Å². The molecule has 0 saturated carbocycles. The van der Waals surface area contributed by atoms with Crippen LogP contribution in [-0.2, 0) is 47.4 Å². The minimum atomic E-state index is -0.0573. The van der Waals surface area contributed by atoms with Crippen molar-refractivity contribution in [1.82, 2.24) is 0 Å². The van der Waals surface area contributed by atoms with E-state index in [1.807, 2.05) is 0 Å². The second kappa shape index (κ2) is 27.6. The predicted octanol–water partition coefficient (Wildman–Crippen LogP) is 2.71. The Morgan fingerprint density at radius 1 is 0.556 bits per heavy atom. The Labute approximate surface area is 218 Å². The van der Waals surface area contributed by atoms with Crippen molar-refractivity contribution < 1.29 is 47.4 Å². The van der Waals surface area contributed by atoms with Gasteiger partial charge < -0.3 is 47.4 Å². The molecule has 0 aromatic rings. The molecule has 0 aromatic carbocycles. The predicted molar refractivity (Wildman–Crippen MR) is 136 cm³/mol. The molecule has 10 nitrogen and oxygen atoms in total. The minimum absolute atomic E-state index is 0.0573. The fourth-order valence-corrected chi connectivity index (χ4v) is 3.02. The van der Waals surface area contributed by atoms with Crippen molar-refractivity contribution in [3.63, 3.8) is 0 Å². The van der Waals surface area contributed by atoms with E-state index in [4.69, 9.17) is 47.4 Å². The fraction of sp³-hybridized carbons (Fsp3) is 1.00. The summed E-state index contributed by atoms with van der Waals surface area (Å²) in [5.41, 5.74) is 0. The van der Waals surface area contributed by atoms with Gasteiger partial charge in [0, 0.05) is 13.2 Å². The molecule has 1 aliphatic rings. The van der Waals surface area contributed by atoms with Crippen molar-refractivity contribution >= 4 is 0 Å². The van der Waals surface area contributed by atoms with Crippen LogP contribution >= 0.6 is 0 Å². The normalized spacial score (nSPS) is 17.0. The average molecular weight is 525 g/mol. The Bertz CT molecular complexity index is 424. The minimum Gasteiger partial charge on any atom is -0.379 e. The molecule has 1 saturated heterocycles. The number of rotatable bonds is 28. The standard InChI is InChI=1S/C26H52O10/c1-3-25(2)24-34-21-20-32-17-16-30-13-12-28-9-8-27-10-11-29-14-15-31-18-19-33-22-23-36-26-6-4-5-7-35-26/h25-26H,3-24H2,1-2H3. The molecule has 0 aliphatic carbocycles. The molecule has 10 heteroatoms. The molecule has 216 valence electrons. The summed E-state index contributed by atoms with van der Waals surface area (Å²) < 4.78 is 54.9. The summed E-state index contributed by atoms with van der Waals surface area (Å²) in [7, 11) is 0. The highest BCUT2D eigenvalue weighted by atomic mass is 16.7. The average Bonchev–Trinajstić information content (AvgIpc) is 2.91. The molecular formula is C26H52O10.